The van der Waals surface area contributed by atoms with Crippen molar-refractivity contribution < 1.29 is 34.8 Å². The van der Waals surface area contributed by atoms with E-state index in [0.717, 1.165) is 23.8 Å². The van der Waals surface area contributed by atoms with Crippen molar-refractivity contribution in [2.45, 2.75) is 22.9 Å². The summed E-state index contributed by atoms with van der Waals surface area (Å²) >= 11 is 12.0. The van der Waals surface area contributed by atoms with Gasteiger partial charge in [0, 0.05) is 5.69 Å². The molecule has 4 rings (SSSR count). The molecule has 0 fully saturated rings. The van der Waals surface area contributed by atoms with Crippen LogP contribution in [0.15, 0.2) is 101 Å². The number of carbonyl (C=O) groups excluding carboxylic acids is 1. The normalized spacial score (nSPS) is 12.0. The number of carbonyl (C=O) groups is 1. The third-order valence-electron chi connectivity index (χ3n) is 6.00. The van der Waals surface area contributed by atoms with Gasteiger partial charge in [-0.05, 0) is 73.7 Å². The molecule has 0 saturated carbocycles. The number of rotatable bonds is 9. The predicted molar refractivity (Wildman–Crippen MR) is 159 cm³/mol. The maximum absolute atomic E-state index is 13.5. The van der Waals surface area contributed by atoms with E-state index in [0.29, 0.717) is 10.4 Å². The number of sulfonamides is 2. The molecule has 0 aliphatic carbocycles. The standard InChI is InChI=1S/C28H22Cl2F3N3O5S2/c1-18-8-12-23(13-9-18)43(40,41)36(21-5-2-4-19(16-21)28(31,32)33)17-26(37)34-20-10-14-22(15-11-20)42(38,39)35-25-7-3-6-24(29)27(25)30/h2-16,35H,17H2,1H3,(H,34,37). The van der Waals surface area contributed by atoms with Gasteiger partial charge in [-0.3, -0.25) is 13.8 Å². The maximum atomic E-state index is 13.5. The van der Waals surface area contributed by atoms with Gasteiger partial charge in [-0.1, -0.05) is 53.0 Å². The maximum Gasteiger partial charge on any atom is 0.416 e. The first-order valence-electron chi connectivity index (χ1n) is 12.2. The Morgan fingerprint density at radius 3 is 2.07 bits per heavy atom. The molecule has 2 N–H and O–H groups in total. The molecule has 4 aromatic rings. The highest BCUT2D eigenvalue weighted by molar-refractivity contribution is 7.93. The molecule has 8 nitrogen and oxygen atoms in total. The molecular weight excluding hydrogens is 650 g/mol. The molecule has 1 amide bonds. The highest BCUT2D eigenvalue weighted by atomic mass is 35.5. The van der Waals surface area contributed by atoms with Crippen LogP contribution in [0.5, 0.6) is 0 Å². The lowest BCUT2D eigenvalue weighted by Gasteiger charge is -2.25. The molecule has 0 atom stereocenters. The summed E-state index contributed by atoms with van der Waals surface area (Å²) in [5.41, 5.74) is -0.576. The van der Waals surface area contributed by atoms with Crippen molar-refractivity contribution in [2.24, 2.45) is 0 Å². The molecule has 0 aliphatic rings. The number of alkyl halides is 3. The summed E-state index contributed by atoms with van der Waals surface area (Å²) < 4.78 is 95.8. The van der Waals surface area contributed by atoms with Gasteiger partial charge >= 0.3 is 6.18 Å². The van der Waals surface area contributed by atoms with E-state index in [9.17, 15) is 34.8 Å². The van der Waals surface area contributed by atoms with Gasteiger partial charge < -0.3 is 5.32 Å². The number of halogens is 5. The van der Waals surface area contributed by atoms with E-state index < -0.39 is 44.2 Å². The van der Waals surface area contributed by atoms with Gasteiger partial charge in [0.05, 0.1) is 36.8 Å². The topological polar surface area (TPSA) is 113 Å². The zero-order chi connectivity index (χ0) is 31.6. The molecule has 0 radical (unpaired) electrons. The van der Waals surface area contributed by atoms with Crippen LogP contribution < -0.4 is 14.3 Å². The Hall–Kier alpha value is -3.78. The third-order valence-corrected chi connectivity index (χ3v) is 9.99. The molecular formula is C28H22Cl2F3N3O5S2. The van der Waals surface area contributed by atoms with E-state index in [1.54, 1.807) is 6.92 Å². The van der Waals surface area contributed by atoms with Crippen molar-refractivity contribution in [3.63, 3.8) is 0 Å². The number of aryl methyl sites for hydroxylation is 1. The van der Waals surface area contributed by atoms with Crippen LogP contribution >= 0.6 is 23.2 Å². The Bertz CT molecular complexity index is 1870. The number of nitrogens with one attached hydrogen (secondary N) is 2. The van der Waals surface area contributed by atoms with E-state index in [1.807, 2.05) is 0 Å². The quantitative estimate of drug-likeness (QED) is 0.200. The van der Waals surface area contributed by atoms with Crippen molar-refractivity contribution in [1.29, 1.82) is 0 Å². The molecule has 4 aromatic carbocycles. The van der Waals surface area contributed by atoms with E-state index in [4.69, 9.17) is 23.2 Å². The SMILES string of the molecule is Cc1ccc(S(=O)(=O)N(CC(=O)Nc2ccc(S(=O)(=O)Nc3cccc(Cl)c3Cl)cc2)c2cccc(C(F)(F)F)c2)cc1. The Labute approximate surface area is 256 Å². The molecule has 0 saturated heterocycles. The fourth-order valence-corrected chi connectivity index (χ4v) is 6.71. The first kappa shape index (κ1) is 32.1. The van der Waals surface area contributed by atoms with Crippen LogP contribution in [0.1, 0.15) is 11.1 Å². The number of benzene rings is 4. The Kier molecular flexibility index (Phi) is 9.30. The van der Waals surface area contributed by atoms with Crippen LogP contribution in [0, 0.1) is 6.92 Å². The van der Waals surface area contributed by atoms with Gasteiger partial charge in [-0.2, -0.15) is 13.2 Å². The molecule has 0 bridgehead atoms. The van der Waals surface area contributed by atoms with Crippen LogP contribution in [0.2, 0.25) is 10.0 Å². The van der Waals surface area contributed by atoms with Gasteiger partial charge in [0.25, 0.3) is 20.0 Å². The third kappa shape index (κ3) is 7.60. The van der Waals surface area contributed by atoms with Crippen LogP contribution in [0.25, 0.3) is 0 Å². The minimum absolute atomic E-state index is 0.00235. The second-order valence-electron chi connectivity index (χ2n) is 9.15. The number of anilines is 3. The fourth-order valence-electron chi connectivity index (χ4n) is 3.82. The molecule has 15 heteroatoms. The summed E-state index contributed by atoms with van der Waals surface area (Å²) in [5.74, 6) is -0.896. The minimum Gasteiger partial charge on any atom is -0.325 e. The minimum atomic E-state index is -4.76. The summed E-state index contributed by atoms with van der Waals surface area (Å²) in [6.07, 6.45) is -4.76. The van der Waals surface area contributed by atoms with Gasteiger partial charge in [-0.15, -0.1) is 0 Å². The molecule has 0 aliphatic heterocycles. The first-order chi connectivity index (χ1) is 20.1. The van der Waals surface area contributed by atoms with Crippen LogP contribution in [-0.4, -0.2) is 29.3 Å². The van der Waals surface area contributed by atoms with Gasteiger partial charge in [-0.25, -0.2) is 16.8 Å². The molecule has 0 heterocycles. The Balaban J connectivity index is 1.58. The molecule has 226 valence electrons. The summed E-state index contributed by atoms with van der Waals surface area (Å²) in [5, 5.41) is 2.59. The zero-order valence-corrected chi connectivity index (χ0v) is 25.2. The zero-order valence-electron chi connectivity index (χ0n) is 22.1. The molecule has 0 spiro atoms. The van der Waals surface area contributed by atoms with Gasteiger partial charge in [0.2, 0.25) is 5.91 Å². The van der Waals surface area contributed by atoms with Gasteiger partial charge in [0.15, 0.2) is 0 Å². The summed E-state index contributed by atoms with van der Waals surface area (Å²) in [7, 11) is -8.59. The summed E-state index contributed by atoms with van der Waals surface area (Å²) in [6.45, 7) is 0.847. The van der Waals surface area contributed by atoms with Crippen molar-refractivity contribution in [1.82, 2.24) is 0 Å². The van der Waals surface area contributed by atoms with E-state index in [2.05, 4.69) is 10.0 Å². The lowest BCUT2D eigenvalue weighted by molar-refractivity contribution is -0.137. The van der Waals surface area contributed by atoms with E-state index >= 15 is 0 Å². The van der Waals surface area contributed by atoms with Crippen LogP contribution in [0.3, 0.4) is 0 Å². The lowest BCUT2D eigenvalue weighted by Crippen LogP contribution is -2.38. The number of hydrogen-bond donors (Lipinski definition) is 2. The first-order valence-corrected chi connectivity index (χ1v) is 15.9. The molecule has 0 unspecified atom stereocenters. The number of amides is 1. The second-order valence-corrected chi connectivity index (χ2v) is 13.5. The monoisotopic (exact) mass is 671 g/mol. The lowest BCUT2D eigenvalue weighted by atomic mass is 10.2. The number of hydrogen-bond acceptors (Lipinski definition) is 5. The highest BCUT2D eigenvalue weighted by Crippen LogP contribution is 2.34. The van der Waals surface area contributed by atoms with Crippen molar-refractivity contribution in [3.8, 4) is 0 Å². The summed E-state index contributed by atoms with van der Waals surface area (Å²) in [6, 6.07) is 18.5. The van der Waals surface area contributed by atoms with Crippen molar-refractivity contribution >= 4 is 66.2 Å². The smallest absolute Gasteiger partial charge is 0.325 e. The summed E-state index contributed by atoms with van der Waals surface area (Å²) in [4.78, 5) is 12.6. The van der Waals surface area contributed by atoms with Gasteiger partial charge in [0.1, 0.15) is 6.54 Å². The second kappa shape index (κ2) is 12.4. The van der Waals surface area contributed by atoms with Crippen LogP contribution in [0.4, 0.5) is 30.2 Å². The fraction of sp³-hybridized carbons (Fsp3) is 0.107. The van der Waals surface area contributed by atoms with E-state index in [1.165, 1.54) is 66.7 Å². The van der Waals surface area contributed by atoms with Crippen molar-refractivity contribution in [3.05, 3.63) is 112 Å². The number of nitrogens with zero attached hydrogens (tertiary/aromatic N) is 1. The Morgan fingerprint density at radius 1 is 0.837 bits per heavy atom. The Morgan fingerprint density at radius 2 is 1.44 bits per heavy atom. The largest absolute Gasteiger partial charge is 0.416 e. The highest BCUT2D eigenvalue weighted by Gasteiger charge is 2.33. The van der Waals surface area contributed by atoms with Crippen LogP contribution in [-0.2, 0) is 31.0 Å². The van der Waals surface area contributed by atoms with E-state index in [-0.39, 0.29) is 36.9 Å². The average Bonchev–Trinajstić information content (AvgIpc) is 2.94. The molecule has 43 heavy (non-hydrogen) atoms. The van der Waals surface area contributed by atoms with Crippen molar-refractivity contribution in [2.75, 3.05) is 20.9 Å². The predicted octanol–water partition coefficient (Wildman–Crippen LogP) is 6.96. The average molecular weight is 673 g/mol. The molecule has 0 aromatic heterocycles.